The number of imidazole rings is 1. The van der Waals surface area contributed by atoms with Crippen LogP contribution in [0, 0.1) is 0 Å². The Morgan fingerprint density at radius 1 is 1.27 bits per heavy atom. The largest absolute Gasteiger partial charge is 0.345 e. The third-order valence-corrected chi connectivity index (χ3v) is 3.17. The maximum Gasteiger partial charge on any atom is 0.0932 e. The standard InChI is InChI=1S/C12H15N3/c1-2-7-13-10(5-1)9-4-3-6-11-12(9)15-8-14-11/h3-4,6,8,10,13H,1-2,5,7H2,(H,14,15). The molecule has 0 amide bonds. The van der Waals surface area contributed by atoms with Gasteiger partial charge in [-0.2, -0.15) is 0 Å². The zero-order valence-electron chi connectivity index (χ0n) is 8.66. The maximum absolute atomic E-state index is 4.40. The fourth-order valence-electron chi connectivity index (χ4n) is 2.39. The Morgan fingerprint density at radius 2 is 2.27 bits per heavy atom. The number of piperidine rings is 1. The fourth-order valence-corrected chi connectivity index (χ4v) is 2.39. The molecule has 0 aliphatic carbocycles. The lowest BCUT2D eigenvalue weighted by Crippen LogP contribution is -2.26. The number of fused-ring (bicyclic) bond motifs is 1. The summed E-state index contributed by atoms with van der Waals surface area (Å²) < 4.78 is 0. The first-order valence-corrected chi connectivity index (χ1v) is 5.60. The van der Waals surface area contributed by atoms with E-state index in [1.54, 1.807) is 6.33 Å². The van der Waals surface area contributed by atoms with Gasteiger partial charge in [0.2, 0.25) is 0 Å². The molecule has 2 heterocycles. The summed E-state index contributed by atoms with van der Waals surface area (Å²) in [4.78, 5) is 7.56. The molecule has 3 heteroatoms. The number of aromatic amines is 1. The van der Waals surface area contributed by atoms with Gasteiger partial charge in [-0.25, -0.2) is 4.98 Å². The van der Waals surface area contributed by atoms with Crippen LogP contribution in [0.2, 0.25) is 0 Å². The minimum atomic E-state index is 0.491. The van der Waals surface area contributed by atoms with Gasteiger partial charge in [-0.1, -0.05) is 18.6 Å². The van der Waals surface area contributed by atoms with E-state index in [0.717, 1.165) is 17.6 Å². The number of rotatable bonds is 1. The van der Waals surface area contributed by atoms with E-state index in [0.29, 0.717) is 6.04 Å². The van der Waals surface area contributed by atoms with Crippen LogP contribution in [-0.2, 0) is 0 Å². The minimum Gasteiger partial charge on any atom is -0.345 e. The predicted molar refractivity (Wildman–Crippen MR) is 60.7 cm³/mol. The highest BCUT2D eigenvalue weighted by atomic mass is 14.9. The highest BCUT2D eigenvalue weighted by Crippen LogP contribution is 2.27. The molecule has 3 nitrogen and oxygen atoms in total. The molecule has 0 saturated carbocycles. The quantitative estimate of drug-likeness (QED) is 0.743. The zero-order chi connectivity index (χ0) is 10.1. The summed E-state index contributed by atoms with van der Waals surface area (Å²) >= 11 is 0. The van der Waals surface area contributed by atoms with Crippen LogP contribution in [0.25, 0.3) is 11.0 Å². The van der Waals surface area contributed by atoms with E-state index in [2.05, 4.69) is 33.5 Å². The van der Waals surface area contributed by atoms with Crippen molar-refractivity contribution in [2.45, 2.75) is 25.3 Å². The lowest BCUT2D eigenvalue weighted by atomic mass is 9.96. The van der Waals surface area contributed by atoms with Gasteiger partial charge in [0.1, 0.15) is 0 Å². The number of H-pyrrole nitrogens is 1. The molecule has 1 aromatic carbocycles. The average Bonchev–Trinajstić information content (AvgIpc) is 2.78. The topological polar surface area (TPSA) is 40.7 Å². The Hall–Kier alpha value is -1.35. The summed E-state index contributed by atoms with van der Waals surface area (Å²) in [5.74, 6) is 0. The number of hydrogen-bond acceptors (Lipinski definition) is 2. The zero-order valence-corrected chi connectivity index (χ0v) is 8.66. The summed E-state index contributed by atoms with van der Waals surface area (Å²) in [6.45, 7) is 1.13. The third kappa shape index (κ3) is 1.53. The number of nitrogens with one attached hydrogen (secondary N) is 2. The van der Waals surface area contributed by atoms with Crippen molar-refractivity contribution in [2.24, 2.45) is 0 Å². The summed E-state index contributed by atoms with van der Waals surface area (Å²) in [5, 5.41) is 3.56. The van der Waals surface area contributed by atoms with Crippen LogP contribution in [0.4, 0.5) is 0 Å². The van der Waals surface area contributed by atoms with Crippen molar-refractivity contribution in [3.8, 4) is 0 Å². The van der Waals surface area contributed by atoms with Crippen molar-refractivity contribution in [3.05, 3.63) is 30.1 Å². The predicted octanol–water partition coefficient (Wildman–Crippen LogP) is 2.38. The molecule has 1 aliphatic heterocycles. The normalized spacial score (nSPS) is 22.0. The van der Waals surface area contributed by atoms with Crippen LogP contribution in [0.15, 0.2) is 24.5 Å². The van der Waals surface area contributed by atoms with Crippen LogP contribution in [0.3, 0.4) is 0 Å². The second-order valence-corrected chi connectivity index (χ2v) is 4.15. The molecule has 1 aliphatic rings. The van der Waals surface area contributed by atoms with Gasteiger partial charge in [-0.05, 0) is 31.0 Å². The highest BCUT2D eigenvalue weighted by molar-refractivity contribution is 5.78. The van der Waals surface area contributed by atoms with E-state index in [4.69, 9.17) is 0 Å². The van der Waals surface area contributed by atoms with Gasteiger partial charge in [0.05, 0.1) is 17.4 Å². The molecule has 78 valence electrons. The average molecular weight is 201 g/mol. The van der Waals surface area contributed by atoms with Crippen molar-refractivity contribution in [1.29, 1.82) is 0 Å². The van der Waals surface area contributed by atoms with E-state index in [-0.39, 0.29) is 0 Å². The number of benzene rings is 1. The molecule has 1 fully saturated rings. The molecule has 1 unspecified atom stereocenters. The molecule has 3 rings (SSSR count). The van der Waals surface area contributed by atoms with E-state index in [1.165, 1.54) is 24.8 Å². The van der Waals surface area contributed by atoms with E-state index in [1.807, 2.05) is 0 Å². The molecule has 0 bridgehead atoms. The molecule has 2 N–H and O–H groups in total. The van der Waals surface area contributed by atoms with Crippen molar-refractivity contribution >= 4 is 11.0 Å². The Kier molecular flexibility index (Phi) is 2.18. The SMILES string of the molecule is c1cc(C2CCCCN2)c2nc[nH]c2c1. The maximum atomic E-state index is 4.40. The van der Waals surface area contributed by atoms with Crippen LogP contribution < -0.4 is 5.32 Å². The van der Waals surface area contributed by atoms with Crippen molar-refractivity contribution in [2.75, 3.05) is 6.54 Å². The number of aromatic nitrogens is 2. The number of para-hydroxylation sites is 1. The lowest BCUT2D eigenvalue weighted by molar-refractivity contribution is 0.414. The Morgan fingerprint density at radius 3 is 3.13 bits per heavy atom. The molecule has 1 saturated heterocycles. The second kappa shape index (κ2) is 3.66. The Balaban J connectivity index is 2.05. The van der Waals surface area contributed by atoms with Gasteiger partial charge in [-0.3, -0.25) is 0 Å². The molecular formula is C12H15N3. The molecule has 15 heavy (non-hydrogen) atoms. The first kappa shape index (κ1) is 8.92. The van der Waals surface area contributed by atoms with Crippen LogP contribution >= 0.6 is 0 Å². The minimum absolute atomic E-state index is 0.491. The first-order chi connectivity index (χ1) is 7.45. The third-order valence-electron chi connectivity index (χ3n) is 3.17. The highest BCUT2D eigenvalue weighted by Gasteiger charge is 2.17. The van der Waals surface area contributed by atoms with Crippen molar-refractivity contribution in [1.82, 2.24) is 15.3 Å². The molecule has 1 aromatic heterocycles. The van der Waals surface area contributed by atoms with Gasteiger partial charge in [0, 0.05) is 6.04 Å². The van der Waals surface area contributed by atoms with E-state index in [9.17, 15) is 0 Å². The van der Waals surface area contributed by atoms with Crippen LogP contribution in [-0.4, -0.2) is 16.5 Å². The summed E-state index contributed by atoms with van der Waals surface area (Å²) in [6, 6.07) is 6.86. The Labute approximate surface area is 88.9 Å². The van der Waals surface area contributed by atoms with Crippen LogP contribution in [0.1, 0.15) is 30.9 Å². The summed E-state index contributed by atoms with van der Waals surface area (Å²) in [6.07, 6.45) is 5.62. The molecule has 2 aromatic rings. The Bertz CT molecular complexity index is 455. The van der Waals surface area contributed by atoms with Gasteiger partial charge in [-0.15, -0.1) is 0 Å². The number of hydrogen-bond donors (Lipinski definition) is 2. The second-order valence-electron chi connectivity index (χ2n) is 4.15. The smallest absolute Gasteiger partial charge is 0.0932 e. The monoisotopic (exact) mass is 201 g/mol. The summed E-state index contributed by atoms with van der Waals surface area (Å²) in [5.41, 5.74) is 3.60. The lowest BCUT2D eigenvalue weighted by Gasteiger charge is -2.23. The van der Waals surface area contributed by atoms with Gasteiger partial charge < -0.3 is 10.3 Å². The number of nitrogens with zero attached hydrogens (tertiary/aromatic N) is 1. The van der Waals surface area contributed by atoms with Crippen molar-refractivity contribution in [3.63, 3.8) is 0 Å². The van der Waals surface area contributed by atoms with E-state index >= 15 is 0 Å². The van der Waals surface area contributed by atoms with Crippen molar-refractivity contribution < 1.29 is 0 Å². The van der Waals surface area contributed by atoms with E-state index < -0.39 is 0 Å². The van der Waals surface area contributed by atoms with Crippen LogP contribution in [0.5, 0.6) is 0 Å². The van der Waals surface area contributed by atoms with Gasteiger partial charge in [0.25, 0.3) is 0 Å². The van der Waals surface area contributed by atoms with Gasteiger partial charge >= 0.3 is 0 Å². The first-order valence-electron chi connectivity index (χ1n) is 5.60. The molecule has 0 spiro atoms. The summed E-state index contributed by atoms with van der Waals surface area (Å²) in [7, 11) is 0. The molecule has 0 radical (unpaired) electrons. The molecular weight excluding hydrogens is 186 g/mol. The fraction of sp³-hybridized carbons (Fsp3) is 0.417. The van der Waals surface area contributed by atoms with Gasteiger partial charge in [0.15, 0.2) is 0 Å². The molecule has 1 atom stereocenters.